The van der Waals surface area contributed by atoms with E-state index >= 15 is 0 Å². The third kappa shape index (κ3) is 12.0. The van der Waals surface area contributed by atoms with Crippen molar-refractivity contribution < 1.29 is 22.7 Å². The van der Waals surface area contributed by atoms with Gasteiger partial charge in [-0.2, -0.15) is 13.2 Å². The number of hydrogen-bond acceptors (Lipinski definition) is 6. The summed E-state index contributed by atoms with van der Waals surface area (Å²) in [5.74, 6) is 0.0120. The fraction of sp³-hybridized carbons (Fsp3) is 0.447. The van der Waals surface area contributed by atoms with Crippen LogP contribution in [0.2, 0.25) is 0 Å². The molecular weight excluding hydrogens is 631 g/mol. The number of carbonyl (C=O) groups excluding carboxylic acids is 1. The molecule has 11 heteroatoms. The first kappa shape index (κ1) is 41.0. The summed E-state index contributed by atoms with van der Waals surface area (Å²) in [6.07, 6.45) is 8.10. The number of allylic oxidation sites excluding steroid dienone is 8. The zero-order chi connectivity index (χ0) is 36.6. The second-order valence-electron chi connectivity index (χ2n) is 11.1. The highest BCUT2D eigenvalue weighted by atomic mass is 19.4. The number of nitrogens with zero attached hydrogens (tertiary/aromatic N) is 3. The van der Waals surface area contributed by atoms with E-state index in [2.05, 4.69) is 27.1 Å². The van der Waals surface area contributed by atoms with E-state index in [0.29, 0.717) is 22.7 Å². The summed E-state index contributed by atoms with van der Waals surface area (Å²) in [5, 5.41) is 6.86. The molecule has 1 fully saturated rings. The number of anilines is 1. The first-order chi connectivity index (χ1) is 23.5. The smallest absolute Gasteiger partial charge is 0.379 e. The zero-order valence-corrected chi connectivity index (χ0v) is 30.0. The molecule has 4 rings (SSSR count). The molecule has 2 N–H and O–H groups in total. The lowest BCUT2D eigenvalue weighted by Crippen LogP contribution is -2.36. The minimum absolute atomic E-state index is 0.173. The van der Waals surface area contributed by atoms with Gasteiger partial charge in [-0.15, -0.1) is 0 Å². The Balaban J connectivity index is 0.00000201. The summed E-state index contributed by atoms with van der Waals surface area (Å²) in [6.45, 7) is 19.7. The van der Waals surface area contributed by atoms with Gasteiger partial charge in [-0.1, -0.05) is 58.6 Å². The van der Waals surface area contributed by atoms with E-state index in [1.54, 1.807) is 30.0 Å². The monoisotopic (exact) mass is 683 g/mol. The minimum atomic E-state index is -4.55. The molecule has 0 unspecified atom stereocenters. The van der Waals surface area contributed by atoms with Crippen LogP contribution in [0.4, 0.5) is 19.0 Å². The molecule has 0 radical (unpaired) electrons. The standard InChI is InChI=1S/C34H40F3N5O3.2C2H6/c1-5-8-25(19-24(3)34(35,36)37)32(43)40-27-10-9-23(2)28(12-11-27)29-20-26-22-39-31(21-30(26)41(4)33(29)44)38-13-6-7-14-42-15-17-45-18-16-42;2*1-2/h5,8-10,12,19-22H,1,6-7,11,13-18H2,2-4H3,(H,38,39)(H,40,43);2*1-2H3/b24-19+,25-8+;;. The van der Waals surface area contributed by atoms with Crippen molar-refractivity contribution in [3.63, 3.8) is 0 Å². The first-order valence-corrected chi connectivity index (χ1v) is 17.0. The number of aromatic nitrogens is 2. The number of morpholine rings is 1. The fourth-order valence-electron chi connectivity index (χ4n) is 5.18. The zero-order valence-electron chi connectivity index (χ0n) is 30.0. The number of rotatable bonds is 11. The van der Waals surface area contributed by atoms with Crippen molar-refractivity contribution in [2.24, 2.45) is 7.05 Å². The Morgan fingerprint density at radius 3 is 2.45 bits per heavy atom. The molecule has 0 saturated carbocycles. The predicted octanol–water partition coefficient (Wildman–Crippen LogP) is 7.86. The lowest BCUT2D eigenvalue weighted by molar-refractivity contribution is -0.116. The molecule has 0 bridgehead atoms. The van der Waals surface area contributed by atoms with Gasteiger partial charge < -0.3 is 19.9 Å². The third-order valence-electron chi connectivity index (χ3n) is 7.85. The molecule has 8 nitrogen and oxygen atoms in total. The molecule has 1 aliphatic carbocycles. The van der Waals surface area contributed by atoms with Crippen molar-refractivity contribution in [2.75, 3.05) is 44.7 Å². The van der Waals surface area contributed by atoms with E-state index in [0.717, 1.165) is 81.7 Å². The van der Waals surface area contributed by atoms with E-state index in [-0.39, 0.29) is 17.6 Å². The Hall–Kier alpha value is -4.22. The van der Waals surface area contributed by atoms with E-state index < -0.39 is 17.7 Å². The number of pyridine rings is 2. The van der Waals surface area contributed by atoms with Gasteiger partial charge >= 0.3 is 6.18 Å². The first-order valence-electron chi connectivity index (χ1n) is 17.0. The van der Waals surface area contributed by atoms with E-state index in [4.69, 9.17) is 4.74 Å². The van der Waals surface area contributed by atoms with Crippen LogP contribution in [0.15, 0.2) is 88.6 Å². The lowest BCUT2D eigenvalue weighted by Gasteiger charge is -2.26. The number of alkyl halides is 3. The van der Waals surface area contributed by atoms with Crippen LogP contribution in [0, 0.1) is 0 Å². The van der Waals surface area contributed by atoms with Crippen molar-refractivity contribution in [3.8, 4) is 0 Å². The number of nitrogens with one attached hydrogen (secondary N) is 2. The molecule has 1 saturated heterocycles. The van der Waals surface area contributed by atoms with E-state index in [9.17, 15) is 22.8 Å². The highest BCUT2D eigenvalue weighted by Gasteiger charge is 2.30. The maximum atomic E-state index is 13.5. The maximum absolute atomic E-state index is 13.5. The topological polar surface area (TPSA) is 88.5 Å². The number of unbranched alkanes of at least 4 members (excludes halogenated alkanes) is 1. The summed E-state index contributed by atoms with van der Waals surface area (Å²) >= 11 is 0. The van der Waals surface area contributed by atoms with Crippen LogP contribution in [0.1, 0.15) is 66.4 Å². The SMILES string of the molecule is C=C/C=C(\C=C(/C)C(F)(F)F)C(=O)NC1=CC=C(C)C(c2cc3cnc(NCCCCN4CCOCC4)cc3n(C)c2=O)=CC1.CC.CC. The Labute approximate surface area is 288 Å². The van der Waals surface area contributed by atoms with Crippen LogP contribution in [-0.2, 0) is 16.6 Å². The molecule has 2 aromatic heterocycles. The van der Waals surface area contributed by atoms with Crippen LogP contribution in [0.25, 0.3) is 16.5 Å². The normalized spacial score (nSPS) is 15.8. The second-order valence-corrected chi connectivity index (χ2v) is 11.1. The van der Waals surface area contributed by atoms with Crippen molar-refractivity contribution in [2.45, 2.75) is 67.0 Å². The van der Waals surface area contributed by atoms with E-state index in [1.165, 1.54) is 12.2 Å². The maximum Gasteiger partial charge on any atom is 0.412 e. The highest BCUT2D eigenvalue weighted by molar-refractivity contribution is 5.98. The molecule has 0 spiro atoms. The summed E-state index contributed by atoms with van der Waals surface area (Å²) in [5.41, 5.74) is 1.96. The Kier molecular flexibility index (Phi) is 17.0. The summed E-state index contributed by atoms with van der Waals surface area (Å²) in [7, 11) is 1.73. The molecule has 1 aliphatic heterocycles. The highest BCUT2D eigenvalue weighted by Crippen LogP contribution is 2.28. The number of carbonyl (C=O) groups is 1. The summed E-state index contributed by atoms with van der Waals surface area (Å²) in [4.78, 5) is 33.4. The predicted molar refractivity (Wildman–Crippen MR) is 195 cm³/mol. The lowest BCUT2D eigenvalue weighted by atomic mass is 9.98. The van der Waals surface area contributed by atoms with Crippen molar-refractivity contribution >= 4 is 28.2 Å². The number of hydrogen-bond donors (Lipinski definition) is 2. The third-order valence-corrected chi connectivity index (χ3v) is 7.85. The van der Waals surface area contributed by atoms with Gasteiger partial charge in [0.25, 0.3) is 11.5 Å². The van der Waals surface area contributed by atoms with Crippen molar-refractivity contribution in [1.82, 2.24) is 19.8 Å². The summed E-state index contributed by atoms with van der Waals surface area (Å²) in [6, 6.07) is 3.70. The number of aryl methyl sites for hydroxylation is 1. The quantitative estimate of drug-likeness (QED) is 0.143. The Bertz CT molecular complexity index is 1640. The van der Waals surface area contributed by atoms with Crippen LogP contribution in [-0.4, -0.2) is 65.9 Å². The van der Waals surface area contributed by atoms with Gasteiger partial charge in [0, 0.05) is 73.2 Å². The molecule has 0 aromatic carbocycles. The molecule has 3 heterocycles. The average Bonchev–Trinajstić information content (AvgIpc) is 3.28. The molecule has 268 valence electrons. The average molecular weight is 684 g/mol. The molecule has 49 heavy (non-hydrogen) atoms. The number of amides is 1. The van der Waals surface area contributed by atoms with Crippen LogP contribution in [0.5, 0.6) is 0 Å². The van der Waals surface area contributed by atoms with E-state index in [1.807, 2.05) is 52.8 Å². The Morgan fingerprint density at radius 1 is 1.10 bits per heavy atom. The van der Waals surface area contributed by atoms with Gasteiger partial charge in [-0.25, -0.2) is 4.98 Å². The van der Waals surface area contributed by atoms with Gasteiger partial charge in [0.1, 0.15) is 5.82 Å². The van der Waals surface area contributed by atoms with Gasteiger partial charge in [0.05, 0.1) is 18.7 Å². The van der Waals surface area contributed by atoms with Crippen LogP contribution >= 0.6 is 0 Å². The van der Waals surface area contributed by atoms with Gasteiger partial charge in [0.15, 0.2) is 0 Å². The molecule has 2 aromatic rings. The van der Waals surface area contributed by atoms with Gasteiger partial charge in [0.2, 0.25) is 0 Å². The number of halogens is 3. The molecule has 1 amide bonds. The van der Waals surface area contributed by atoms with Crippen molar-refractivity contribution in [1.29, 1.82) is 0 Å². The molecule has 0 atom stereocenters. The Morgan fingerprint density at radius 2 is 1.80 bits per heavy atom. The largest absolute Gasteiger partial charge is 0.412 e. The second kappa shape index (κ2) is 20.3. The minimum Gasteiger partial charge on any atom is -0.379 e. The van der Waals surface area contributed by atoms with Gasteiger partial charge in [-0.3, -0.25) is 14.5 Å². The molecule has 2 aliphatic rings. The van der Waals surface area contributed by atoms with Gasteiger partial charge in [-0.05, 0) is 62.6 Å². The summed E-state index contributed by atoms with van der Waals surface area (Å²) < 4.78 is 46.2. The van der Waals surface area contributed by atoms with Crippen molar-refractivity contribution in [3.05, 3.63) is 99.7 Å². The number of fused-ring (bicyclic) bond motifs is 1. The fourth-order valence-corrected chi connectivity index (χ4v) is 5.18. The van der Waals surface area contributed by atoms with Crippen LogP contribution < -0.4 is 16.2 Å². The number of ether oxygens (including phenoxy) is 1. The molecular formula is C38H52F3N5O3. The van der Waals surface area contributed by atoms with Crippen LogP contribution in [0.3, 0.4) is 0 Å².